The van der Waals surface area contributed by atoms with E-state index in [0.717, 1.165) is 29.1 Å². The molecule has 1 heterocycles. The van der Waals surface area contributed by atoms with Gasteiger partial charge in [-0.3, -0.25) is 9.59 Å². The van der Waals surface area contributed by atoms with Gasteiger partial charge in [-0.25, -0.2) is 0 Å². The van der Waals surface area contributed by atoms with E-state index < -0.39 is 22.3 Å². The van der Waals surface area contributed by atoms with Crippen LogP contribution in [0.15, 0.2) is 24.3 Å². The molecular formula is C20H30N2O6S. The first-order chi connectivity index (χ1) is 13.6. The summed E-state index contributed by atoms with van der Waals surface area (Å²) >= 11 is 0. The van der Waals surface area contributed by atoms with Crippen LogP contribution >= 0.6 is 0 Å². The van der Waals surface area contributed by atoms with Crippen molar-refractivity contribution < 1.29 is 27.3 Å². The van der Waals surface area contributed by atoms with Gasteiger partial charge in [0.05, 0.1) is 6.67 Å². The highest BCUT2D eigenvalue weighted by Gasteiger charge is 2.39. The minimum Gasteiger partial charge on any atom is -0.480 e. The Morgan fingerprint density at radius 1 is 1.21 bits per heavy atom. The quantitative estimate of drug-likeness (QED) is 0.651. The van der Waals surface area contributed by atoms with Crippen LogP contribution < -0.4 is 4.18 Å². The lowest BCUT2D eigenvalue weighted by Gasteiger charge is -2.33. The SMILES string of the molecule is Cc1ccc(OS(=O)(=O)N(CN2CCCCCC2=O)C(CC(C)C)C(=O)O)cc1. The van der Waals surface area contributed by atoms with Gasteiger partial charge in [0.2, 0.25) is 5.91 Å². The third kappa shape index (κ3) is 6.71. The fraction of sp³-hybridized carbons (Fsp3) is 0.600. The van der Waals surface area contributed by atoms with Gasteiger partial charge in [0.1, 0.15) is 11.8 Å². The average Bonchev–Trinajstić information content (AvgIpc) is 2.83. The molecule has 0 radical (unpaired) electrons. The van der Waals surface area contributed by atoms with Gasteiger partial charge in [-0.15, -0.1) is 4.31 Å². The Labute approximate surface area is 172 Å². The molecule has 1 unspecified atom stereocenters. The third-order valence-electron chi connectivity index (χ3n) is 4.82. The summed E-state index contributed by atoms with van der Waals surface area (Å²) in [6.07, 6.45) is 2.81. The van der Waals surface area contributed by atoms with Crippen LogP contribution in [-0.2, 0) is 19.9 Å². The number of nitrogens with zero attached hydrogens (tertiary/aromatic N) is 2. The van der Waals surface area contributed by atoms with E-state index in [1.54, 1.807) is 12.1 Å². The van der Waals surface area contributed by atoms with Crippen molar-refractivity contribution in [3.8, 4) is 5.75 Å². The maximum atomic E-state index is 13.1. The smallest absolute Gasteiger partial charge is 0.387 e. The maximum absolute atomic E-state index is 13.1. The third-order valence-corrected chi connectivity index (χ3v) is 6.17. The maximum Gasteiger partial charge on any atom is 0.387 e. The van der Waals surface area contributed by atoms with Crippen LogP contribution in [-0.4, -0.2) is 53.9 Å². The fourth-order valence-electron chi connectivity index (χ4n) is 3.23. The van der Waals surface area contributed by atoms with E-state index in [9.17, 15) is 23.1 Å². The van der Waals surface area contributed by atoms with E-state index in [-0.39, 0.29) is 30.7 Å². The first kappa shape index (κ1) is 23.2. The van der Waals surface area contributed by atoms with Crippen molar-refractivity contribution in [3.05, 3.63) is 29.8 Å². The van der Waals surface area contributed by atoms with Gasteiger partial charge in [-0.2, -0.15) is 8.42 Å². The molecule has 1 saturated heterocycles. The van der Waals surface area contributed by atoms with Crippen LogP contribution in [0, 0.1) is 12.8 Å². The number of hydrogen-bond acceptors (Lipinski definition) is 5. The molecule has 162 valence electrons. The molecule has 0 spiro atoms. The topological polar surface area (TPSA) is 104 Å². The van der Waals surface area contributed by atoms with Crippen molar-refractivity contribution in [2.24, 2.45) is 5.92 Å². The van der Waals surface area contributed by atoms with E-state index >= 15 is 0 Å². The lowest BCUT2D eigenvalue weighted by atomic mass is 10.0. The van der Waals surface area contributed by atoms with Crippen LogP contribution in [0.1, 0.15) is 51.5 Å². The zero-order valence-electron chi connectivity index (χ0n) is 17.2. The highest BCUT2D eigenvalue weighted by Crippen LogP contribution is 2.22. The van der Waals surface area contributed by atoms with E-state index in [1.165, 1.54) is 17.0 Å². The van der Waals surface area contributed by atoms with Crippen LogP contribution in [0.25, 0.3) is 0 Å². The molecule has 1 aromatic carbocycles. The number of carbonyl (C=O) groups excluding carboxylic acids is 1. The fourth-order valence-corrected chi connectivity index (χ4v) is 4.45. The number of aliphatic carboxylic acids is 1. The van der Waals surface area contributed by atoms with Gasteiger partial charge in [0.15, 0.2) is 0 Å². The van der Waals surface area contributed by atoms with Gasteiger partial charge in [-0.1, -0.05) is 38.0 Å². The molecule has 29 heavy (non-hydrogen) atoms. The second kappa shape index (κ2) is 10.1. The Kier molecular flexibility index (Phi) is 8.04. The number of amides is 1. The Bertz CT molecular complexity index is 807. The van der Waals surface area contributed by atoms with Gasteiger partial charge >= 0.3 is 16.3 Å². The molecule has 1 fully saturated rings. The molecule has 1 amide bonds. The van der Waals surface area contributed by atoms with Crippen molar-refractivity contribution in [3.63, 3.8) is 0 Å². The minimum absolute atomic E-state index is 0.0620. The first-order valence-corrected chi connectivity index (χ1v) is 11.2. The molecule has 0 bridgehead atoms. The van der Waals surface area contributed by atoms with Crippen LogP contribution in [0.2, 0.25) is 0 Å². The molecule has 1 aliphatic rings. The Morgan fingerprint density at radius 2 is 1.86 bits per heavy atom. The lowest BCUT2D eigenvalue weighted by molar-refractivity contribution is -0.144. The highest BCUT2D eigenvalue weighted by molar-refractivity contribution is 7.84. The summed E-state index contributed by atoms with van der Waals surface area (Å²) in [5.74, 6) is -1.41. The van der Waals surface area contributed by atoms with Gasteiger partial charge < -0.3 is 14.2 Å². The number of carbonyl (C=O) groups is 2. The first-order valence-electron chi connectivity index (χ1n) is 9.88. The monoisotopic (exact) mass is 426 g/mol. The number of carboxylic acid groups (broad SMARTS) is 1. The Balaban J connectivity index is 2.36. The average molecular weight is 427 g/mol. The normalized spacial score (nSPS) is 16.7. The molecule has 9 heteroatoms. The van der Waals surface area contributed by atoms with E-state index in [0.29, 0.717) is 13.0 Å². The van der Waals surface area contributed by atoms with E-state index in [1.807, 2.05) is 20.8 Å². The number of aryl methyl sites for hydroxylation is 1. The zero-order chi connectivity index (χ0) is 21.6. The number of carboxylic acids is 1. The standard InChI is InChI=1S/C20H30N2O6S/c1-15(2)13-18(20(24)25)22(14-21-12-6-4-5-7-19(21)23)29(26,27)28-17-10-8-16(3)9-11-17/h8-11,15,18H,4-7,12-14H2,1-3H3,(H,24,25). The highest BCUT2D eigenvalue weighted by atomic mass is 32.2. The molecular weight excluding hydrogens is 396 g/mol. The van der Waals surface area contributed by atoms with Crippen molar-refractivity contribution in [2.75, 3.05) is 13.2 Å². The van der Waals surface area contributed by atoms with Crippen molar-refractivity contribution >= 4 is 22.2 Å². The van der Waals surface area contributed by atoms with Crippen molar-refractivity contribution in [1.82, 2.24) is 9.21 Å². The second-order valence-corrected chi connectivity index (χ2v) is 9.33. The molecule has 1 atom stereocenters. The minimum atomic E-state index is -4.45. The molecule has 2 rings (SSSR count). The van der Waals surface area contributed by atoms with Crippen molar-refractivity contribution in [1.29, 1.82) is 0 Å². The molecule has 0 aromatic heterocycles. The van der Waals surface area contributed by atoms with Gasteiger partial charge in [0, 0.05) is 13.0 Å². The molecule has 1 aromatic rings. The number of rotatable bonds is 9. The number of benzene rings is 1. The summed E-state index contributed by atoms with van der Waals surface area (Å²) in [6.45, 7) is 5.55. The van der Waals surface area contributed by atoms with Crippen molar-refractivity contribution in [2.45, 2.75) is 58.9 Å². The summed E-state index contributed by atoms with van der Waals surface area (Å²) in [7, 11) is -4.45. The molecule has 0 saturated carbocycles. The van der Waals surface area contributed by atoms with Crippen LogP contribution in [0.3, 0.4) is 0 Å². The number of hydrogen-bond donors (Lipinski definition) is 1. The predicted octanol–water partition coefficient (Wildman–Crippen LogP) is 2.78. The van der Waals surface area contributed by atoms with Gasteiger partial charge in [-0.05, 0) is 44.2 Å². The van der Waals surface area contributed by atoms with E-state index in [2.05, 4.69) is 0 Å². The summed E-state index contributed by atoms with van der Waals surface area (Å²) in [5, 5.41) is 9.74. The predicted molar refractivity (Wildman–Crippen MR) is 108 cm³/mol. The largest absolute Gasteiger partial charge is 0.480 e. The zero-order valence-corrected chi connectivity index (χ0v) is 18.0. The molecule has 0 aliphatic carbocycles. The molecule has 8 nitrogen and oxygen atoms in total. The van der Waals surface area contributed by atoms with Gasteiger partial charge in [0.25, 0.3) is 0 Å². The Morgan fingerprint density at radius 3 is 2.45 bits per heavy atom. The molecule has 1 N–H and O–H groups in total. The summed E-state index contributed by atoms with van der Waals surface area (Å²) in [6, 6.07) is 5.11. The second-order valence-electron chi connectivity index (χ2n) is 7.83. The lowest BCUT2D eigenvalue weighted by Crippen LogP contribution is -2.53. The van der Waals surface area contributed by atoms with E-state index in [4.69, 9.17) is 4.18 Å². The molecule has 1 aliphatic heterocycles. The van der Waals surface area contributed by atoms with Crippen LogP contribution in [0.5, 0.6) is 5.75 Å². The summed E-state index contributed by atoms with van der Waals surface area (Å²) in [5.41, 5.74) is 0.935. The Hall–Kier alpha value is -2.13. The summed E-state index contributed by atoms with van der Waals surface area (Å²) in [4.78, 5) is 25.8. The summed E-state index contributed by atoms with van der Waals surface area (Å²) < 4.78 is 32.2. The number of likely N-dealkylation sites (tertiary alicyclic amines) is 1. The van der Waals surface area contributed by atoms with Crippen LogP contribution in [0.4, 0.5) is 0 Å².